The van der Waals surface area contributed by atoms with E-state index in [1.807, 2.05) is 28.0 Å². The number of rotatable bonds is 5. The number of hydrogen-bond donors (Lipinski definition) is 0. The summed E-state index contributed by atoms with van der Waals surface area (Å²) < 4.78 is 5.57. The number of carbonyl (C=O) groups excluding carboxylic acids is 2. The van der Waals surface area contributed by atoms with Crippen LogP contribution in [-0.2, 0) is 9.59 Å². The van der Waals surface area contributed by atoms with Crippen molar-refractivity contribution in [2.75, 3.05) is 46.4 Å². The van der Waals surface area contributed by atoms with Gasteiger partial charge in [0, 0.05) is 43.7 Å². The van der Waals surface area contributed by atoms with E-state index in [1.54, 1.807) is 7.11 Å². The molecule has 3 fully saturated rings. The molecule has 1 aromatic rings. The highest BCUT2D eigenvalue weighted by molar-refractivity contribution is 5.82. The number of nitrogens with zero attached hydrogens (tertiary/aromatic N) is 3. The van der Waals surface area contributed by atoms with Gasteiger partial charge in [0.2, 0.25) is 11.8 Å². The van der Waals surface area contributed by atoms with Gasteiger partial charge in [-0.15, -0.1) is 0 Å². The molecule has 2 aliphatic heterocycles. The average Bonchev–Trinajstić information content (AvgIpc) is 3.59. The van der Waals surface area contributed by atoms with Crippen molar-refractivity contribution in [2.24, 2.45) is 5.92 Å². The van der Waals surface area contributed by atoms with E-state index in [-0.39, 0.29) is 17.9 Å². The molecule has 1 atom stereocenters. The van der Waals surface area contributed by atoms with Crippen LogP contribution in [0.1, 0.15) is 43.7 Å². The molecule has 3 aliphatic rings. The molecule has 28 heavy (non-hydrogen) atoms. The third-order valence-electron chi connectivity index (χ3n) is 6.32. The van der Waals surface area contributed by atoms with Gasteiger partial charge in [-0.25, -0.2) is 0 Å². The van der Waals surface area contributed by atoms with Crippen molar-refractivity contribution in [3.8, 4) is 5.75 Å². The molecule has 4 rings (SSSR count). The predicted molar refractivity (Wildman–Crippen MR) is 107 cm³/mol. The van der Waals surface area contributed by atoms with Crippen LogP contribution in [0.25, 0.3) is 0 Å². The fourth-order valence-corrected chi connectivity index (χ4v) is 4.51. The second-order valence-electron chi connectivity index (χ2n) is 8.20. The van der Waals surface area contributed by atoms with Gasteiger partial charge in [-0.05, 0) is 38.3 Å². The molecular weight excluding hydrogens is 354 g/mol. The smallest absolute Gasteiger partial charge is 0.236 e. The number of hydrogen-bond acceptors (Lipinski definition) is 4. The SMILES string of the molecule is COc1ccccc1C1CCCCN1CC(=O)N1CCN(C(=O)C2CC2)CC1. The number of piperazine rings is 1. The largest absolute Gasteiger partial charge is 0.496 e. The van der Waals surface area contributed by atoms with Crippen LogP contribution >= 0.6 is 0 Å². The minimum absolute atomic E-state index is 0.181. The Morgan fingerprint density at radius 3 is 2.39 bits per heavy atom. The summed E-state index contributed by atoms with van der Waals surface area (Å²) in [6.45, 7) is 4.05. The number of benzene rings is 1. The van der Waals surface area contributed by atoms with Gasteiger partial charge >= 0.3 is 0 Å². The fourth-order valence-electron chi connectivity index (χ4n) is 4.51. The quantitative estimate of drug-likeness (QED) is 0.781. The topological polar surface area (TPSA) is 53.1 Å². The number of likely N-dealkylation sites (tertiary alicyclic amines) is 1. The summed E-state index contributed by atoms with van der Waals surface area (Å²) in [5, 5.41) is 0. The number of para-hydroxylation sites is 1. The van der Waals surface area contributed by atoms with Crippen molar-refractivity contribution >= 4 is 11.8 Å². The highest BCUT2D eigenvalue weighted by Gasteiger charge is 2.36. The minimum atomic E-state index is 0.181. The van der Waals surface area contributed by atoms with Gasteiger partial charge in [0.05, 0.1) is 13.7 Å². The molecule has 1 unspecified atom stereocenters. The molecule has 1 aliphatic carbocycles. The van der Waals surface area contributed by atoms with Crippen LogP contribution in [0.5, 0.6) is 5.75 Å². The van der Waals surface area contributed by atoms with Crippen LogP contribution in [0.4, 0.5) is 0 Å². The molecule has 152 valence electrons. The number of piperidine rings is 1. The van der Waals surface area contributed by atoms with Crippen molar-refractivity contribution in [3.05, 3.63) is 29.8 Å². The van der Waals surface area contributed by atoms with E-state index in [2.05, 4.69) is 11.0 Å². The Morgan fingerprint density at radius 2 is 1.68 bits per heavy atom. The predicted octanol–water partition coefficient (Wildman–Crippen LogP) is 2.30. The summed E-state index contributed by atoms with van der Waals surface area (Å²) in [6.07, 6.45) is 5.43. The highest BCUT2D eigenvalue weighted by Crippen LogP contribution is 2.36. The molecule has 6 nitrogen and oxygen atoms in total. The molecule has 1 saturated carbocycles. The van der Waals surface area contributed by atoms with Gasteiger partial charge in [0.15, 0.2) is 0 Å². The summed E-state index contributed by atoms with van der Waals surface area (Å²) in [4.78, 5) is 31.4. The molecule has 2 saturated heterocycles. The van der Waals surface area contributed by atoms with Crippen LogP contribution in [-0.4, -0.2) is 72.9 Å². The first kappa shape index (κ1) is 19.2. The minimum Gasteiger partial charge on any atom is -0.496 e. The molecule has 2 heterocycles. The Balaban J connectivity index is 1.36. The molecular formula is C22H31N3O3. The van der Waals surface area contributed by atoms with Crippen LogP contribution in [0.15, 0.2) is 24.3 Å². The fraction of sp³-hybridized carbons (Fsp3) is 0.636. The Labute approximate surface area is 167 Å². The zero-order valence-electron chi connectivity index (χ0n) is 16.8. The molecule has 0 N–H and O–H groups in total. The van der Waals surface area contributed by atoms with Gasteiger partial charge in [0.25, 0.3) is 0 Å². The van der Waals surface area contributed by atoms with Crippen molar-refractivity contribution in [1.82, 2.24) is 14.7 Å². The number of amides is 2. The van der Waals surface area contributed by atoms with E-state index < -0.39 is 0 Å². The van der Waals surface area contributed by atoms with Gasteiger partial charge in [0.1, 0.15) is 5.75 Å². The maximum atomic E-state index is 13.0. The second kappa shape index (κ2) is 8.52. The first-order valence-electron chi connectivity index (χ1n) is 10.6. The lowest BCUT2D eigenvalue weighted by atomic mass is 9.94. The Bertz CT molecular complexity index is 711. The van der Waals surface area contributed by atoms with Crippen LogP contribution in [0.3, 0.4) is 0 Å². The highest BCUT2D eigenvalue weighted by atomic mass is 16.5. The Morgan fingerprint density at radius 1 is 0.964 bits per heavy atom. The third kappa shape index (κ3) is 4.17. The number of carbonyl (C=O) groups is 2. The van der Waals surface area contributed by atoms with E-state index >= 15 is 0 Å². The van der Waals surface area contributed by atoms with Gasteiger partial charge in [-0.1, -0.05) is 24.6 Å². The van der Waals surface area contributed by atoms with Crippen LogP contribution < -0.4 is 4.74 Å². The van der Waals surface area contributed by atoms with Crippen molar-refractivity contribution in [1.29, 1.82) is 0 Å². The molecule has 0 radical (unpaired) electrons. The maximum Gasteiger partial charge on any atom is 0.236 e. The van der Waals surface area contributed by atoms with Crippen LogP contribution in [0.2, 0.25) is 0 Å². The molecule has 0 aromatic heterocycles. The Kier molecular flexibility index (Phi) is 5.85. The van der Waals surface area contributed by atoms with E-state index in [9.17, 15) is 9.59 Å². The van der Waals surface area contributed by atoms with Gasteiger partial charge < -0.3 is 14.5 Å². The molecule has 0 bridgehead atoms. The summed E-state index contributed by atoms with van der Waals surface area (Å²) in [5.41, 5.74) is 1.18. The number of ether oxygens (including phenoxy) is 1. The van der Waals surface area contributed by atoms with E-state index in [0.717, 1.165) is 38.0 Å². The van der Waals surface area contributed by atoms with Crippen molar-refractivity contribution < 1.29 is 14.3 Å². The maximum absolute atomic E-state index is 13.0. The first-order chi connectivity index (χ1) is 13.7. The summed E-state index contributed by atoms with van der Waals surface area (Å²) >= 11 is 0. The standard InChI is InChI=1S/C22H31N3O3/c1-28-20-8-3-2-6-18(20)19-7-4-5-11-25(19)16-21(26)23-12-14-24(15-13-23)22(27)17-9-10-17/h2-3,6,8,17,19H,4-5,7,9-16H2,1H3. The normalized spacial score (nSPS) is 23.5. The van der Waals surface area contributed by atoms with Gasteiger partial charge in [-0.3, -0.25) is 14.5 Å². The van der Waals surface area contributed by atoms with Gasteiger partial charge in [-0.2, -0.15) is 0 Å². The lowest BCUT2D eigenvalue weighted by Gasteiger charge is -2.39. The lowest BCUT2D eigenvalue weighted by molar-refractivity contribution is -0.141. The van der Waals surface area contributed by atoms with Crippen molar-refractivity contribution in [3.63, 3.8) is 0 Å². The molecule has 1 aromatic carbocycles. The van der Waals surface area contributed by atoms with Crippen molar-refractivity contribution in [2.45, 2.75) is 38.1 Å². The summed E-state index contributed by atoms with van der Waals surface area (Å²) in [7, 11) is 1.71. The van der Waals surface area contributed by atoms with Crippen LogP contribution in [0, 0.1) is 5.92 Å². The first-order valence-corrected chi connectivity index (χ1v) is 10.6. The second-order valence-corrected chi connectivity index (χ2v) is 8.20. The zero-order valence-corrected chi connectivity index (χ0v) is 16.8. The summed E-state index contributed by atoms with van der Waals surface area (Å²) in [6, 6.07) is 8.38. The lowest BCUT2D eigenvalue weighted by Crippen LogP contribution is -2.53. The van der Waals surface area contributed by atoms with E-state index in [1.165, 1.54) is 12.0 Å². The average molecular weight is 386 g/mol. The number of methoxy groups -OCH3 is 1. The Hall–Kier alpha value is -2.08. The third-order valence-corrected chi connectivity index (χ3v) is 6.32. The van der Waals surface area contributed by atoms with E-state index in [4.69, 9.17) is 4.74 Å². The molecule has 6 heteroatoms. The molecule has 2 amide bonds. The zero-order chi connectivity index (χ0) is 19.5. The monoisotopic (exact) mass is 385 g/mol. The van der Waals surface area contributed by atoms with E-state index in [0.29, 0.717) is 38.6 Å². The molecule has 0 spiro atoms. The summed E-state index contributed by atoms with van der Waals surface area (Å²) in [5.74, 6) is 1.64.